The number of nitrogens with one attached hydrogen (secondary N) is 4. The Morgan fingerprint density at radius 2 is 1.70 bits per heavy atom. The molecule has 0 aliphatic heterocycles. The van der Waals surface area contributed by atoms with Crippen LogP contribution in [0.3, 0.4) is 0 Å². The van der Waals surface area contributed by atoms with E-state index < -0.39 is 47.9 Å². The lowest BCUT2D eigenvalue weighted by molar-refractivity contribution is -0.141. The number of carbonyl (C=O) groups excluding carboxylic acids is 3. The van der Waals surface area contributed by atoms with Crippen molar-refractivity contribution in [2.24, 2.45) is 17.4 Å². The molecule has 0 aliphatic rings. The van der Waals surface area contributed by atoms with Gasteiger partial charge in [-0.3, -0.25) is 19.2 Å². The Bertz CT molecular complexity index is 1070. The fraction of sp³-hybridized carbons (Fsp3) is 0.538. The minimum absolute atomic E-state index is 0.119. The van der Waals surface area contributed by atoms with E-state index >= 15 is 0 Å². The van der Waals surface area contributed by atoms with Crippen LogP contribution in [-0.2, 0) is 25.6 Å². The molecule has 0 radical (unpaired) electrons. The zero-order valence-corrected chi connectivity index (χ0v) is 21.8. The molecule has 0 saturated carbocycles. The van der Waals surface area contributed by atoms with Crippen LogP contribution in [0.25, 0.3) is 10.9 Å². The molecule has 0 spiro atoms. The number of aliphatic carboxylic acids is 1. The highest BCUT2D eigenvalue weighted by Crippen LogP contribution is 2.19. The SMILES string of the molecule is CCC(C)C(NC(=O)C(N)CCCCN)C(=O)NC(Cc1c[nH]c2ccccc12)C(=O)NC(C)C(=O)O. The van der Waals surface area contributed by atoms with Crippen molar-refractivity contribution < 1.29 is 24.3 Å². The fourth-order valence-electron chi connectivity index (χ4n) is 3.97. The van der Waals surface area contributed by atoms with Crippen LogP contribution in [0.2, 0.25) is 0 Å². The highest BCUT2D eigenvalue weighted by molar-refractivity contribution is 5.95. The third-order valence-corrected chi connectivity index (χ3v) is 6.56. The van der Waals surface area contributed by atoms with Gasteiger partial charge in [-0.15, -0.1) is 0 Å². The summed E-state index contributed by atoms with van der Waals surface area (Å²) in [5, 5.41) is 18.1. The predicted octanol–water partition coefficient (Wildman–Crippen LogP) is 0.772. The molecule has 1 heterocycles. The zero-order valence-electron chi connectivity index (χ0n) is 21.8. The van der Waals surface area contributed by atoms with Gasteiger partial charge in [0.2, 0.25) is 17.7 Å². The average molecular weight is 517 g/mol. The Morgan fingerprint density at radius 3 is 2.35 bits per heavy atom. The standard InChI is InChI=1S/C26H40N6O5/c1-4-15(2)22(32-23(33)19(28)10-7-8-12-27)25(35)31-21(24(34)30-16(3)26(36)37)13-17-14-29-20-11-6-5-9-18(17)20/h5-6,9,11,14-16,19,21-22,29H,4,7-8,10,12-13,27-28H2,1-3H3,(H,30,34)(H,31,35)(H,32,33)(H,36,37). The van der Waals surface area contributed by atoms with Crippen LogP contribution >= 0.6 is 0 Å². The first-order valence-electron chi connectivity index (χ1n) is 12.7. The van der Waals surface area contributed by atoms with Crippen LogP contribution in [0, 0.1) is 5.92 Å². The molecule has 2 aromatic rings. The van der Waals surface area contributed by atoms with Crippen molar-refractivity contribution >= 4 is 34.6 Å². The summed E-state index contributed by atoms with van der Waals surface area (Å²) in [6, 6.07) is 3.60. The maximum Gasteiger partial charge on any atom is 0.325 e. The summed E-state index contributed by atoms with van der Waals surface area (Å²) in [6.07, 6.45) is 4.35. The second-order valence-corrected chi connectivity index (χ2v) is 9.46. The number of carboxylic acid groups (broad SMARTS) is 1. The van der Waals surface area contributed by atoms with Crippen LogP contribution in [0.5, 0.6) is 0 Å². The average Bonchev–Trinajstić information content (AvgIpc) is 3.28. The third kappa shape index (κ3) is 8.57. The molecule has 11 heteroatoms. The van der Waals surface area contributed by atoms with E-state index in [1.165, 1.54) is 6.92 Å². The molecule has 0 bridgehead atoms. The van der Waals surface area contributed by atoms with E-state index in [9.17, 15) is 24.3 Å². The van der Waals surface area contributed by atoms with Gasteiger partial charge in [0.25, 0.3) is 0 Å². The number of nitrogens with two attached hydrogens (primary N) is 2. The number of carboxylic acids is 1. The van der Waals surface area contributed by atoms with Crippen molar-refractivity contribution in [3.8, 4) is 0 Å². The molecule has 1 aromatic heterocycles. The second kappa shape index (κ2) is 14.3. The van der Waals surface area contributed by atoms with Gasteiger partial charge in [0.1, 0.15) is 18.1 Å². The van der Waals surface area contributed by atoms with Gasteiger partial charge >= 0.3 is 5.97 Å². The van der Waals surface area contributed by atoms with Crippen molar-refractivity contribution in [1.29, 1.82) is 0 Å². The molecule has 0 aliphatic carbocycles. The molecule has 11 nitrogen and oxygen atoms in total. The van der Waals surface area contributed by atoms with Crippen molar-refractivity contribution in [2.45, 2.75) is 77.0 Å². The molecule has 5 unspecified atom stereocenters. The van der Waals surface area contributed by atoms with Crippen LogP contribution in [0.4, 0.5) is 0 Å². The highest BCUT2D eigenvalue weighted by atomic mass is 16.4. The summed E-state index contributed by atoms with van der Waals surface area (Å²) < 4.78 is 0. The number of fused-ring (bicyclic) bond motifs is 1. The largest absolute Gasteiger partial charge is 0.480 e. The molecule has 9 N–H and O–H groups in total. The molecule has 5 atom stereocenters. The number of aromatic amines is 1. The number of amides is 3. The van der Waals surface area contributed by atoms with E-state index in [2.05, 4.69) is 20.9 Å². The Balaban J connectivity index is 2.24. The number of benzene rings is 1. The van der Waals surface area contributed by atoms with Gasteiger partial charge in [-0.25, -0.2) is 0 Å². The first-order chi connectivity index (χ1) is 17.6. The number of aromatic nitrogens is 1. The fourth-order valence-corrected chi connectivity index (χ4v) is 3.97. The van der Waals surface area contributed by atoms with Crippen LogP contribution in [0.1, 0.15) is 52.0 Å². The molecule has 2 rings (SSSR count). The summed E-state index contributed by atoms with van der Waals surface area (Å²) >= 11 is 0. The number of hydrogen-bond donors (Lipinski definition) is 7. The van der Waals surface area contributed by atoms with Crippen molar-refractivity contribution in [2.75, 3.05) is 6.54 Å². The van der Waals surface area contributed by atoms with Crippen molar-refractivity contribution in [3.05, 3.63) is 36.0 Å². The van der Waals surface area contributed by atoms with Crippen LogP contribution < -0.4 is 27.4 Å². The molecule has 1 aromatic carbocycles. The van der Waals surface area contributed by atoms with E-state index in [1.807, 2.05) is 38.1 Å². The maximum atomic E-state index is 13.4. The molecular weight excluding hydrogens is 476 g/mol. The summed E-state index contributed by atoms with van der Waals surface area (Å²) in [6.45, 7) is 5.57. The van der Waals surface area contributed by atoms with E-state index in [0.29, 0.717) is 25.8 Å². The Kier molecular flexibility index (Phi) is 11.5. The number of carbonyl (C=O) groups is 4. The second-order valence-electron chi connectivity index (χ2n) is 9.46. The number of hydrogen-bond acceptors (Lipinski definition) is 6. The summed E-state index contributed by atoms with van der Waals surface area (Å²) in [7, 11) is 0. The van der Waals surface area contributed by atoms with E-state index in [1.54, 1.807) is 6.20 Å². The van der Waals surface area contributed by atoms with Crippen LogP contribution in [-0.4, -0.2) is 64.5 Å². The van der Waals surface area contributed by atoms with Gasteiger partial charge in [-0.1, -0.05) is 44.9 Å². The molecule has 37 heavy (non-hydrogen) atoms. The topological polar surface area (TPSA) is 192 Å². The van der Waals surface area contributed by atoms with Gasteiger partial charge in [0.15, 0.2) is 0 Å². The number of H-pyrrole nitrogens is 1. The lowest BCUT2D eigenvalue weighted by Crippen LogP contribution is -2.58. The smallest absolute Gasteiger partial charge is 0.325 e. The lowest BCUT2D eigenvalue weighted by Gasteiger charge is -2.27. The summed E-state index contributed by atoms with van der Waals surface area (Å²) in [4.78, 5) is 53.6. The minimum Gasteiger partial charge on any atom is -0.480 e. The zero-order chi connectivity index (χ0) is 27.5. The van der Waals surface area contributed by atoms with Gasteiger partial charge < -0.3 is 37.5 Å². The van der Waals surface area contributed by atoms with Crippen molar-refractivity contribution in [3.63, 3.8) is 0 Å². The van der Waals surface area contributed by atoms with E-state index in [4.69, 9.17) is 11.5 Å². The Labute approximate surface area is 217 Å². The highest BCUT2D eigenvalue weighted by Gasteiger charge is 2.32. The quantitative estimate of drug-likeness (QED) is 0.170. The lowest BCUT2D eigenvalue weighted by atomic mass is 9.96. The molecule has 0 fully saturated rings. The summed E-state index contributed by atoms with van der Waals surface area (Å²) in [5.41, 5.74) is 13.2. The monoisotopic (exact) mass is 516 g/mol. The molecular formula is C26H40N6O5. The minimum atomic E-state index is -1.20. The predicted molar refractivity (Wildman–Crippen MR) is 141 cm³/mol. The van der Waals surface area contributed by atoms with Crippen molar-refractivity contribution in [1.82, 2.24) is 20.9 Å². The van der Waals surface area contributed by atoms with E-state index in [0.717, 1.165) is 22.9 Å². The normalized spacial score (nSPS) is 15.3. The van der Waals surface area contributed by atoms with Gasteiger partial charge in [0, 0.05) is 23.5 Å². The molecule has 204 valence electrons. The van der Waals surface area contributed by atoms with Crippen LogP contribution in [0.15, 0.2) is 30.5 Å². The van der Waals surface area contributed by atoms with Gasteiger partial charge in [0.05, 0.1) is 6.04 Å². The molecule has 0 saturated heterocycles. The first-order valence-corrected chi connectivity index (χ1v) is 12.7. The van der Waals surface area contributed by atoms with E-state index in [-0.39, 0.29) is 12.3 Å². The number of para-hydroxylation sites is 1. The first kappa shape index (κ1) is 29.8. The Morgan fingerprint density at radius 1 is 1.00 bits per heavy atom. The molecule has 3 amide bonds. The van der Waals surface area contributed by atoms with Gasteiger partial charge in [-0.2, -0.15) is 0 Å². The number of rotatable bonds is 15. The third-order valence-electron chi connectivity index (χ3n) is 6.56. The Hall–Kier alpha value is -3.44. The summed E-state index contributed by atoms with van der Waals surface area (Å²) in [5.74, 6) is -3.07. The van der Waals surface area contributed by atoms with Gasteiger partial charge in [-0.05, 0) is 43.9 Å². The number of unbranched alkanes of at least 4 members (excludes halogenated alkanes) is 1. The maximum absolute atomic E-state index is 13.4.